The number of aromatic nitrogens is 3. The van der Waals surface area contributed by atoms with Gasteiger partial charge in [-0.25, -0.2) is 29.1 Å². The zero-order valence-electron chi connectivity index (χ0n) is 44.3. The molecule has 2 aliphatic carbocycles. The minimum absolute atomic E-state index is 0.0725. The molecular formula is C52H77N7O16. The van der Waals surface area contributed by atoms with Gasteiger partial charge in [0.2, 0.25) is 29.4 Å². The van der Waals surface area contributed by atoms with Gasteiger partial charge in [0.15, 0.2) is 36.4 Å². The lowest BCUT2D eigenvalue weighted by Crippen LogP contribution is -2.70. The van der Waals surface area contributed by atoms with Crippen LogP contribution in [0.3, 0.4) is 0 Å². The van der Waals surface area contributed by atoms with Gasteiger partial charge in [-0.15, -0.1) is 0 Å². The van der Waals surface area contributed by atoms with E-state index in [-0.39, 0.29) is 23.7 Å². The Kier molecular flexibility index (Phi) is 16.1. The van der Waals surface area contributed by atoms with E-state index in [1.807, 2.05) is 38.1 Å². The molecule has 0 amide bonds. The minimum Gasteiger partial charge on any atom is -0.497 e. The molecule has 9 aliphatic heterocycles. The molecule has 4 bridgehead atoms. The summed E-state index contributed by atoms with van der Waals surface area (Å²) in [4.78, 5) is 62.1. The molecule has 75 heavy (non-hydrogen) atoms. The van der Waals surface area contributed by atoms with Crippen LogP contribution >= 0.6 is 0 Å². The number of rotatable bonds is 16. The molecule has 11 aliphatic rings. The summed E-state index contributed by atoms with van der Waals surface area (Å²) in [6.45, 7) is 19.0. The summed E-state index contributed by atoms with van der Waals surface area (Å²) in [5.41, 5.74) is -0.451. The molecule has 16 atom stereocenters. The average Bonchev–Trinajstić information content (AvgIpc) is 3.78. The van der Waals surface area contributed by atoms with Crippen LogP contribution in [0.2, 0.25) is 0 Å². The van der Waals surface area contributed by atoms with Crippen molar-refractivity contribution in [3.63, 3.8) is 0 Å². The molecule has 9 saturated heterocycles. The Morgan fingerprint density at radius 1 is 0.693 bits per heavy atom. The Bertz CT molecular complexity index is 2210. The summed E-state index contributed by atoms with van der Waals surface area (Å²) < 4.78 is 51.4. The number of hydrogen-bond donors (Lipinski definition) is 4. The van der Waals surface area contributed by atoms with Crippen molar-refractivity contribution in [2.75, 3.05) is 88.3 Å². The number of anilines is 4. The van der Waals surface area contributed by atoms with Crippen LogP contribution in [0, 0.1) is 47.3 Å². The number of morpholine rings is 1. The lowest BCUT2D eigenvalue weighted by molar-refractivity contribution is -0.577. The second kappa shape index (κ2) is 22.3. The van der Waals surface area contributed by atoms with Crippen LogP contribution in [0.4, 0.5) is 23.5 Å². The number of carboxylic acid groups (broad SMARTS) is 2. The number of methoxy groups -OCH3 is 1. The standard InChI is InChI=1S/C50H75N7O12.C2H2O4/c1-30-8-14-38-32(3)40(62-42-49(38)36(30)16-18-47(5,64-42)66-68-49)60-28-22-56(23-29-61-41-33(4)39-15-9-31(2)37-17-19-48(6)65-43(63-41)50(37,39)69-67-48)21-20-51-44-53-45(52-34-10-12-35(58-7)13-11-34)55-46(54-44)57-24-26-59-27-25-57;3-1(4)2(5)6/h10-13,30-33,36-43H,8-9,14-29H2,1-7H3,(H2,51,52,53,54,55);(H,3,4)(H,5,6)/t30-,31-,32-,33-,36+,37+,38+,39+,40+,41+,42-,43-,47-,48-,49-,50-;/m1./s1. The van der Waals surface area contributed by atoms with Crippen molar-refractivity contribution >= 4 is 35.5 Å². The zero-order valence-corrected chi connectivity index (χ0v) is 44.3. The number of nitrogens with zero attached hydrogens (tertiary/aromatic N) is 5. The molecule has 23 nitrogen and oxygen atoms in total. The van der Waals surface area contributed by atoms with E-state index in [0.717, 1.165) is 62.8 Å². The third kappa shape index (κ3) is 10.9. The molecule has 1 aromatic carbocycles. The average molecular weight is 1060 g/mol. The predicted octanol–water partition coefficient (Wildman–Crippen LogP) is 5.78. The maximum absolute atomic E-state index is 9.10. The molecule has 2 aromatic rings. The van der Waals surface area contributed by atoms with E-state index in [9.17, 15) is 0 Å². The highest BCUT2D eigenvalue weighted by molar-refractivity contribution is 6.27. The molecule has 2 spiro atoms. The van der Waals surface area contributed by atoms with Crippen LogP contribution in [0.25, 0.3) is 0 Å². The number of carbonyl (C=O) groups is 2. The van der Waals surface area contributed by atoms with Crippen LogP contribution in [0.1, 0.15) is 92.9 Å². The van der Waals surface area contributed by atoms with Crippen molar-refractivity contribution in [1.82, 2.24) is 19.9 Å². The Labute approximate surface area is 438 Å². The highest BCUT2D eigenvalue weighted by Crippen LogP contribution is 2.62. The summed E-state index contributed by atoms with van der Waals surface area (Å²) in [5, 5.41) is 21.7. The highest BCUT2D eigenvalue weighted by atomic mass is 17.3. The largest absolute Gasteiger partial charge is 0.497 e. The van der Waals surface area contributed by atoms with Crippen molar-refractivity contribution < 1.29 is 77.2 Å². The van der Waals surface area contributed by atoms with E-state index < -0.39 is 59.9 Å². The molecule has 2 saturated carbocycles. The van der Waals surface area contributed by atoms with E-state index in [2.05, 4.69) is 48.1 Å². The quantitative estimate of drug-likeness (QED) is 0.115. The molecule has 13 rings (SSSR count). The number of hydrogen-bond acceptors (Lipinski definition) is 21. The highest BCUT2D eigenvalue weighted by Gasteiger charge is 2.71. The summed E-state index contributed by atoms with van der Waals surface area (Å²) in [6.07, 6.45) is 5.73. The maximum atomic E-state index is 9.10. The number of carboxylic acids is 2. The number of benzene rings is 1. The fourth-order valence-corrected chi connectivity index (χ4v) is 13.6. The molecule has 0 unspecified atom stereocenters. The van der Waals surface area contributed by atoms with Gasteiger partial charge < -0.3 is 63.6 Å². The first kappa shape index (κ1) is 54.3. The van der Waals surface area contributed by atoms with Gasteiger partial charge in [-0.3, -0.25) is 4.90 Å². The van der Waals surface area contributed by atoms with Crippen LogP contribution in [-0.4, -0.2) is 163 Å². The van der Waals surface area contributed by atoms with Crippen molar-refractivity contribution in [2.24, 2.45) is 47.3 Å². The maximum Gasteiger partial charge on any atom is 0.414 e. The number of fused-ring (bicyclic) bond motifs is 4. The van der Waals surface area contributed by atoms with Gasteiger partial charge in [0, 0.05) is 81.5 Å². The Morgan fingerprint density at radius 2 is 1.21 bits per heavy atom. The third-order valence-electron chi connectivity index (χ3n) is 17.7. The topological polar surface area (TPSA) is 255 Å². The van der Waals surface area contributed by atoms with Gasteiger partial charge >= 0.3 is 11.9 Å². The normalized spacial score (nSPS) is 39.5. The summed E-state index contributed by atoms with van der Waals surface area (Å²) in [5.74, 6) is -1.02. The first-order valence-corrected chi connectivity index (χ1v) is 27.1. The van der Waals surface area contributed by atoms with Gasteiger partial charge in [0.1, 0.15) is 5.75 Å². The second-order valence-electron chi connectivity index (χ2n) is 22.4. The van der Waals surface area contributed by atoms with Crippen LogP contribution in [0.15, 0.2) is 24.3 Å². The predicted molar refractivity (Wildman–Crippen MR) is 265 cm³/mol. The summed E-state index contributed by atoms with van der Waals surface area (Å²) in [7, 11) is 1.65. The lowest BCUT2D eigenvalue weighted by Gasteiger charge is -2.60. The van der Waals surface area contributed by atoms with Gasteiger partial charge in [-0.1, -0.05) is 27.7 Å². The third-order valence-corrected chi connectivity index (χ3v) is 17.7. The fourth-order valence-electron chi connectivity index (χ4n) is 13.6. The molecule has 11 fully saturated rings. The molecule has 416 valence electrons. The number of aliphatic carboxylic acids is 2. The van der Waals surface area contributed by atoms with Gasteiger partial charge in [-0.05, 0) is 100 Å². The number of ether oxygens (including phenoxy) is 8. The summed E-state index contributed by atoms with van der Waals surface area (Å²) >= 11 is 0. The Morgan fingerprint density at radius 3 is 1.72 bits per heavy atom. The van der Waals surface area contributed by atoms with Crippen LogP contribution < -0.4 is 20.3 Å². The van der Waals surface area contributed by atoms with Gasteiger partial charge in [0.05, 0.1) is 33.5 Å². The zero-order chi connectivity index (χ0) is 52.7. The summed E-state index contributed by atoms with van der Waals surface area (Å²) in [6, 6.07) is 7.67. The molecule has 0 radical (unpaired) electrons. The minimum atomic E-state index is -1.82. The molecular weight excluding hydrogens is 979 g/mol. The molecule has 23 heteroatoms. The SMILES string of the molecule is COc1ccc(Nc2nc(NCCN(CCO[C@H]3O[C@@H]4O[C@@]5(C)CC[C@H]6[C@H](C)CC[C@@H]([C@H]3C)[C@@]46OO5)CCO[C@H]3O[C@@H]4O[C@@]5(C)CC[C@H]6[C@H](C)CC[C@@H]([C@H]3C)[C@@]46OO5)nc(N3CCOCC3)n2)cc1.O=C(O)C(=O)O. The van der Waals surface area contributed by atoms with Crippen molar-refractivity contribution in [3.8, 4) is 5.75 Å². The second-order valence-corrected chi connectivity index (χ2v) is 22.4. The van der Waals surface area contributed by atoms with Gasteiger partial charge in [0.25, 0.3) is 0 Å². The van der Waals surface area contributed by atoms with E-state index in [0.29, 0.717) is 107 Å². The monoisotopic (exact) mass is 1060 g/mol. The van der Waals surface area contributed by atoms with E-state index in [4.69, 9.17) is 92.2 Å². The van der Waals surface area contributed by atoms with Crippen molar-refractivity contribution in [1.29, 1.82) is 0 Å². The van der Waals surface area contributed by atoms with E-state index >= 15 is 0 Å². The first-order chi connectivity index (χ1) is 36.0. The Balaban J connectivity index is 0.00000101. The van der Waals surface area contributed by atoms with Gasteiger partial charge in [-0.2, -0.15) is 15.0 Å². The molecule has 1 aromatic heterocycles. The van der Waals surface area contributed by atoms with Crippen LogP contribution in [-0.2, 0) is 62.3 Å². The fraction of sp³-hybridized carbons (Fsp3) is 0.788. The van der Waals surface area contributed by atoms with E-state index in [1.165, 1.54) is 0 Å². The first-order valence-electron chi connectivity index (χ1n) is 27.1. The smallest absolute Gasteiger partial charge is 0.414 e. The van der Waals surface area contributed by atoms with Crippen molar-refractivity contribution in [2.45, 2.75) is 141 Å². The molecule has 4 N–H and O–H groups in total. The Hall–Kier alpha value is -4.11. The molecule has 10 heterocycles. The van der Waals surface area contributed by atoms with Crippen LogP contribution in [0.5, 0.6) is 5.75 Å². The van der Waals surface area contributed by atoms with Crippen molar-refractivity contribution in [3.05, 3.63) is 24.3 Å². The van der Waals surface area contributed by atoms with E-state index in [1.54, 1.807) is 7.11 Å². The lowest BCUT2D eigenvalue weighted by atomic mass is 9.58. The number of nitrogens with one attached hydrogen (secondary N) is 2.